The van der Waals surface area contributed by atoms with Crippen LogP contribution in [0.2, 0.25) is 0 Å². The van der Waals surface area contributed by atoms with Gasteiger partial charge in [0.2, 0.25) is 0 Å². The van der Waals surface area contributed by atoms with Gasteiger partial charge in [0.1, 0.15) is 0 Å². The lowest BCUT2D eigenvalue weighted by atomic mass is 9.93. The number of aliphatic imine (C=N–C) groups is 1. The summed E-state index contributed by atoms with van der Waals surface area (Å²) in [5, 5.41) is 3.58. The predicted molar refractivity (Wildman–Crippen MR) is 90.8 cm³/mol. The number of hydrogen-bond acceptors (Lipinski definition) is 2. The number of piperidine rings is 1. The highest BCUT2D eigenvalue weighted by atomic mass is 15.3. The summed E-state index contributed by atoms with van der Waals surface area (Å²) in [6, 6.07) is 0. The van der Waals surface area contributed by atoms with Crippen molar-refractivity contribution >= 4 is 5.96 Å². The lowest BCUT2D eigenvalue weighted by molar-refractivity contribution is 0.187. The molecule has 2 aliphatic heterocycles. The van der Waals surface area contributed by atoms with Crippen LogP contribution < -0.4 is 5.32 Å². The molecule has 0 bridgehead atoms. The molecule has 0 aromatic heterocycles. The van der Waals surface area contributed by atoms with Crippen LogP contribution in [-0.4, -0.2) is 62.1 Å². The van der Waals surface area contributed by atoms with E-state index in [-0.39, 0.29) is 0 Å². The van der Waals surface area contributed by atoms with E-state index in [9.17, 15) is 0 Å². The fraction of sp³-hybridized carbons (Fsp3) is 0.941. The number of guanidine groups is 1. The second kappa shape index (κ2) is 7.48. The Hall–Kier alpha value is -0.770. The van der Waals surface area contributed by atoms with Crippen molar-refractivity contribution in [1.82, 2.24) is 15.1 Å². The van der Waals surface area contributed by atoms with Crippen molar-refractivity contribution in [2.45, 2.75) is 46.5 Å². The number of hydrogen-bond donors (Lipinski definition) is 1. The van der Waals surface area contributed by atoms with Gasteiger partial charge in [0.25, 0.3) is 0 Å². The summed E-state index contributed by atoms with van der Waals surface area (Å²) in [4.78, 5) is 9.45. The van der Waals surface area contributed by atoms with E-state index in [0.29, 0.717) is 5.41 Å². The molecule has 4 heteroatoms. The SMILES string of the molecule is CCN1CCC(CCNC(=NC)N2CCC(C)(C)C2)CC1. The van der Waals surface area contributed by atoms with Gasteiger partial charge in [-0.05, 0) is 56.7 Å². The molecule has 0 unspecified atom stereocenters. The Labute approximate surface area is 131 Å². The van der Waals surface area contributed by atoms with Gasteiger partial charge in [-0.2, -0.15) is 0 Å². The smallest absolute Gasteiger partial charge is 0.193 e. The predicted octanol–water partition coefficient (Wildman–Crippen LogP) is 2.42. The normalized spacial score (nSPS) is 24.6. The van der Waals surface area contributed by atoms with E-state index in [1.165, 1.54) is 45.3 Å². The van der Waals surface area contributed by atoms with Gasteiger partial charge in [-0.25, -0.2) is 0 Å². The number of nitrogens with zero attached hydrogens (tertiary/aromatic N) is 3. The Morgan fingerprint density at radius 1 is 1.24 bits per heavy atom. The fourth-order valence-electron chi connectivity index (χ4n) is 3.60. The third kappa shape index (κ3) is 4.87. The molecule has 0 aliphatic carbocycles. The largest absolute Gasteiger partial charge is 0.356 e. The van der Waals surface area contributed by atoms with Crippen molar-refractivity contribution in [3.05, 3.63) is 0 Å². The molecule has 2 rings (SSSR count). The van der Waals surface area contributed by atoms with E-state index in [1.807, 2.05) is 7.05 Å². The average Bonchev–Trinajstić information content (AvgIpc) is 2.84. The van der Waals surface area contributed by atoms with Crippen molar-refractivity contribution in [1.29, 1.82) is 0 Å². The van der Waals surface area contributed by atoms with Crippen LogP contribution in [0.4, 0.5) is 0 Å². The van der Waals surface area contributed by atoms with Gasteiger partial charge in [-0.15, -0.1) is 0 Å². The molecule has 1 N–H and O–H groups in total. The van der Waals surface area contributed by atoms with Crippen molar-refractivity contribution < 1.29 is 0 Å². The molecule has 0 amide bonds. The lowest BCUT2D eigenvalue weighted by Crippen LogP contribution is -2.42. The van der Waals surface area contributed by atoms with Gasteiger partial charge in [0.05, 0.1) is 0 Å². The second-order valence-corrected chi connectivity index (χ2v) is 7.48. The molecule has 0 radical (unpaired) electrons. The van der Waals surface area contributed by atoms with Crippen LogP contribution in [0.15, 0.2) is 4.99 Å². The van der Waals surface area contributed by atoms with E-state index in [1.54, 1.807) is 0 Å². The molecule has 0 aromatic rings. The molecular formula is C17H34N4. The average molecular weight is 294 g/mol. The van der Waals surface area contributed by atoms with Crippen LogP contribution in [-0.2, 0) is 0 Å². The molecule has 2 aliphatic rings. The molecule has 122 valence electrons. The maximum absolute atomic E-state index is 4.47. The van der Waals surface area contributed by atoms with Crippen molar-refractivity contribution in [3.63, 3.8) is 0 Å². The van der Waals surface area contributed by atoms with E-state index < -0.39 is 0 Å². The minimum Gasteiger partial charge on any atom is -0.356 e. The zero-order chi connectivity index (χ0) is 15.3. The minimum atomic E-state index is 0.435. The molecule has 21 heavy (non-hydrogen) atoms. The zero-order valence-corrected chi connectivity index (χ0v) is 14.5. The molecule has 2 saturated heterocycles. The summed E-state index contributed by atoms with van der Waals surface area (Å²) in [6.45, 7) is 14.1. The van der Waals surface area contributed by atoms with Gasteiger partial charge < -0.3 is 15.1 Å². The standard InChI is InChI=1S/C17H34N4/c1-5-20-11-7-15(8-12-20)6-10-19-16(18-4)21-13-9-17(2,3)14-21/h15H,5-14H2,1-4H3,(H,18,19). The van der Waals surface area contributed by atoms with E-state index in [0.717, 1.165) is 31.5 Å². The third-order valence-corrected chi connectivity index (χ3v) is 5.18. The van der Waals surface area contributed by atoms with Crippen molar-refractivity contribution in [2.24, 2.45) is 16.3 Å². The number of nitrogens with one attached hydrogen (secondary N) is 1. The van der Waals surface area contributed by atoms with E-state index in [4.69, 9.17) is 0 Å². The van der Waals surface area contributed by atoms with Crippen molar-refractivity contribution in [2.75, 3.05) is 46.3 Å². The molecule has 0 spiro atoms. The van der Waals surface area contributed by atoms with Crippen LogP contribution in [0.25, 0.3) is 0 Å². The molecule has 0 atom stereocenters. The maximum Gasteiger partial charge on any atom is 0.193 e. The van der Waals surface area contributed by atoms with Crippen LogP contribution in [0.1, 0.15) is 46.5 Å². The first kappa shape index (κ1) is 16.6. The highest BCUT2D eigenvalue weighted by Crippen LogP contribution is 2.28. The molecule has 0 aromatic carbocycles. The van der Waals surface area contributed by atoms with Gasteiger partial charge in [-0.3, -0.25) is 4.99 Å². The fourth-order valence-corrected chi connectivity index (χ4v) is 3.60. The molecule has 2 heterocycles. The van der Waals surface area contributed by atoms with Crippen LogP contribution in [0.5, 0.6) is 0 Å². The maximum atomic E-state index is 4.47. The topological polar surface area (TPSA) is 30.9 Å². The van der Waals surface area contributed by atoms with E-state index in [2.05, 4.69) is 40.9 Å². The van der Waals surface area contributed by atoms with Crippen LogP contribution >= 0.6 is 0 Å². The summed E-state index contributed by atoms with van der Waals surface area (Å²) in [7, 11) is 1.91. The van der Waals surface area contributed by atoms with Crippen LogP contribution in [0.3, 0.4) is 0 Å². The minimum absolute atomic E-state index is 0.435. The van der Waals surface area contributed by atoms with E-state index >= 15 is 0 Å². The Kier molecular flexibility index (Phi) is 5.91. The highest BCUT2D eigenvalue weighted by molar-refractivity contribution is 5.80. The quantitative estimate of drug-likeness (QED) is 0.638. The summed E-state index contributed by atoms with van der Waals surface area (Å²) in [5.41, 5.74) is 0.435. The first-order valence-corrected chi connectivity index (χ1v) is 8.72. The van der Waals surface area contributed by atoms with Gasteiger partial charge in [-0.1, -0.05) is 20.8 Å². The van der Waals surface area contributed by atoms with Gasteiger partial charge in [0, 0.05) is 26.7 Å². The molecule has 2 fully saturated rings. The molecule has 4 nitrogen and oxygen atoms in total. The Balaban J connectivity index is 1.68. The molecule has 0 saturated carbocycles. The summed E-state index contributed by atoms with van der Waals surface area (Å²) in [5.74, 6) is 2.00. The summed E-state index contributed by atoms with van der Waals surface area (Å²) >= 11 is 0. The lowest BCUT2D eigenvalue weighted by Gasteiger charge is -2.31. The number of likely N-dealkylation sites (tertiary alicyclic amines) is 2. The third-order valence-electron chi connectivity index (χ3n) is 5.18. The Bertz CT molecular complexity index is 343. The first-order valence-electron chi connectivity index (χ1n) is 8.72. The Morgan fingerprint density at radius 2 is 1.95 bits per heavy atom. The van der Waals surface area contributed by atoms with Gasteiger partial charge >= 0.3 is 0 Å². The molecular weight excluding hydrogens is 260 g/mol. The number of rotatable bonds is 4. The zero-order valence-electron chi connectivity index (χ0n) is 14.5. The highest BCUT2D eigenvalue weighted by Gasteiger charge is 2.30. The Morgan fingerprint density at radius 3 is 2.48 bits per heavy atom. The second-order valence-electron chi connectivity index (χ2n) is 7.48. The first-order chi connectivity index (χ1) is 10.0. The van der Waals surface area contributed by atoms with Gasteiger partial charge in [0.15, 0.2) is 5.96 Å². The van der Waals surface area contributed by atoms with Crippen molar-refractivity contribution in [3.8, 4) is 0 Å². The monoisotopic (exact) mass is 294 g/mol. The summed E-state index contributed by atoms with van der Waals surface area (Å²) in [6.07, 6.45) is 5.28. The summed E-state index contributed by atoms with van der Waals surface area (Å²) < 4.78 is 0. The van der Waals surface area contributed by atoms with Crippen LogP contribution in [0, 0.1) is 11.3 Å².